The highest BCUT2D eigenvalue weighted by Crippen LogP contribution is 2.26. The van der Waals surface area contributed by atoms with Crippen molar-refractivity contribution in [1.29, 1.82) is 0 Å². The quantitative estimate of drug-likeness (QED) is 0.795. The fourth-order valence-electron chi connectivity index (χ4n) is 4.65. The van der Waals surface area contributed by atoms with Crippen LogP contribution in [0.5, 0.6) is 0 Å². The first kappa shape index (κ1) is 19.2. The fourth-order valence-corrected chi connectivity index (χ4v) is 4.65. The molecular weight excluding hydrogens is 354 g/mol. The molecule has 2 amide bonds. The van der Waals surface area contributed by atoms with Crippen molar-refractivity contribution in [2.24, 2.45) is 5.92 Å². The van der Waals surface area contributed by atoms with Crippen molar-refractivity contribution in [1.82, 2.24) is 9.80 Å². The zero-order valence-electron chi connectivity index (χ0n) is 17.0. The summed E-state index contributed by atoms with van der Waals surface area (Å²) in [7, 11) is 0. The molecule has 4 rings (SSSR count). The van der Waals surface area contributed by atoms with E-state index in [0.29, 0.717) is 19.5 Å². The van der Waals surface area contributed by atoms with Crippen LogP contribution in [0.4, 0.5) is 5.69 Å². The molecule has 1 aromatic rings. The first-order chi connectivity index (χ1) is 13.5. The minimum Gasteiger partial charge on any atom is -0.376 e. The highest BCUT2D eigenvalue weighted by molar-refractivity contribution is 5.89. The number of likely N-dealkylation sites (tertiary alicyclic amines) is 1. The largest absolute Gasteiger partial charge is 0.376 e. The lowest BCUT2D eigenvalue weighted by Crippen LogP contribution is -2.51. The van der Waals surface area contributed by atoms with Gasteiger partial charge in [-0.15, -0.1) is 0 Å². The predicted octanol–water partition coefficient (Wildman–Crippen LogP) is 1.98. The number of carbonyl (C=O) groups excluding carboxylic acids is 2. The zero-order valence-corrected chi connectivity index (χ0v) is 17.0. The van der Waals surface area contributed by atoms with Crippen molar-refractivity contribution in [2.75, 3.05) is 50.8 Å². The average molecular weight is 386 g/mol. The summed E-state index contributed by atoms with van der Waals surface area (Å²) in [6.45, 7) is 9.42. The SMILES string of the molecule is Cc1cccc(N2CCN(C(=O)C3CC(=O)N(CC4CCCO4)C3)CC2)c1C. The number of rotatable bonds is 4. The number of hydrogen-bond donors (Lipinski definition) is 0. The summed E-state index contributed by atoms with van der Waals surface area (Å²) in [6, 6.07) is 6.40. The molecular formula is C22H31N3O3. The van der Waals surface area contributed by atoms with Crippen LogP contribution in [0.1, 0.15) is 30.4 Å². The van der Waals surface area contributed by atoms with Gasteiger partial charge in [-0.2, -0.15) is 0 Å². The molecule has 0 aromatic heterocycles. The smallest absolute Gasteiger partial charge is 0.228 e. The normalized spacial score (nSPS) is 25.6. The van der Waals surface area contributed by atoms with Crippen LogP contribution in [0, 0.1) is 19.8 Å². The van der Waals surface area contributed by atoms with Gasteiger partial charge in [0.25, 0.3) is 0 Å². The topological polar surface area (TPSA) is 53.1 Å². The maximum atomic E-state index is 13.0. The van der Waals surface area contributed by atoms with Crippen LogP contribution in [0.25, 0.3) is 0 Å². The molecule has 152 valence electrons. The standard InChI is InChI=1S/C22H31N3O3/c1-16-5-3-7-20(17(16)2)23-8-10-24(11-9-23)22(27)18-13-21(26)25(14-18)15-19-6-4-12-28-19/h3,5,7,18-19H,4,6,8-15H2,1-2H3. The molecule has 6 nitrogen and oxygen atoms in total. The highest BCUT2D eigenvalue weighted by atomic mass is 16.5. The van der Waals surface area contributed by atoms with Crippen molar-refractivity contribution in [3.63, 3.8) is 0 Å². The van der Waals surface area contributed by atoms with Crippen molar-refractivity contribution in [3.8, 4) is 0 Å². The lowest BCUT2D eigenvalue weighted by molar-refractivity contribution is -0.136. The predicted molar refractivity (Wildman–Crippen MR) is 108 cm³/mol. The molecule has 0 bridgehead atoms. The number of amides is 2. The Balaban J connectivity index is 1.31. The van der Waals surface area contributed by atoms with E-state index >= 15 is 0 Å². The fraction of sp³-hybridized carbons (Fsp3) is 0.636. The number of hydrogen-bond acceptors (Lipinski definition) is 4. The molecule has 6 heteroatoms. The van der Waals surface area contributed by atoms with Crippen molar-refractivity contribution in [3.05, 3.63) is 29.3 Å². The van der Waals surface area contributed by atoms with Gasteiger partial charge < -0.3 is 19.4 Å². The monoisotopic (exact) mass is 385 g/mol. The van der Waals surface area contributed by atoms with E-state index in [0.717, 1.165) is 45.6 Å². The van der Waals surface area contributed by atoms with Crippen LogP contribution in [0.15, 0.2) is 18.2 Å². The van der Waals surface area contributed by atoms with Crippen molar-refractivity contribution >= 4 is 17.5 Å². The molecule has 0 N–H and O–H groups in total. The van der Waals surface area contributed by atoms with Gasteiger partial charge in [0.2, 0.25) is 11.8 Å². The molecule has 3 fully saturated rings. The Morgan fingerprint density at radius 2 is 1.96 bits per heavy atom. The number of anilines is 1. The third kappa shape index (κ3) is 3.88. The van der Waals surface area contributed by atoms with E-state index in [4.69, 9.17) is 4.74 Å². The summed E-state index contributed by atoms with van der Waals surface area (Å²) >= 11 is 0. The second-order valence-electron chi connectivity index (χ2n) is 8.37. The Morgan fingerprint density at radius 3 is 2.68 bits per heavy atom. The molecule has 28 heavy (non-hydrogen) atoms. The van der Waals surface area contributed by atoms with Gasteiger partial charge in [0, 0.05) is 58.0 Å². The van der Waals surface area contributed by atoms with Gasteiger partial charge in [-0.3, -0.25) is 9.59 Å². The van der Waals surface area contributed by atoms with E-state index < -0.39 is 0 Å². The molecule has 0 radical (unpaired) electrons. The van der Waals surface area contributed by atoms with E-state index in [2.05, 4.69) is 36.9 Å². The zero-order chi connectivity index (χ0) is 19.7. The van der Waals surface area contributed by atoms with Crippen molar-refractivity contribution < 1.29 is 14.3 Å². The average Bonchev–Trinajstić information content (AvgIpc) is 3.34. The molecule has 2 unspecified atom stereocenters. The summed E-state index contributed by atoms with van der Waals surface area (Å²) in [5, 5.41) is 0. The van der Waals surface area contributed by atoms with Crippen molar-refractivity contribution in [2.45, 2.75) is 39.2 Å². The van der Waals surface area contributed by atoms with Gasteiger partial charge in [-0.05, 0) is 43.9 Å². The summed E-state index contributed by atoms with van der Waals surface area (Å²) in [5.74, 6) is 0.0489. The number of benzene rings is 1. The second kappa shape index (κ2) is 8.11. The summed E-state index contributed by atoms with van der Waals surface area (Å²) < 4.78 is 5.65. The van der Waals surface area contributed by atoms with Crippen LogP contribution in [0.3, 0.4) is 0 Å². The molecule has 0 spiro atoms. The molecule has 3 heterocycles. The number of carbonyl (C=O) groups is 2. The third-order valence-corrected chi connectivity index (χ3v) is 6.52. The number of nitrogens with zero attached hydrogens (tertiary/aromatic N) is 3. The lowest BCUT2D eigenvalue weighted by Gasteiger charge is -2.38. The van der Waals surface area contributed by atoms with Gasteiger partial charge in [-0.25, -0.2) is 0 Å². The minimum atomic E-state index is -0.193. The van der Waals surface area contributed by atoms with Gasteiger partial charge in [0.15, 0.2) is 0 Å². The van der Waals surface area contributed by atoms with E-state index in [1.807, 2.05) is 9.80 Å². The van der Waals surface area contributed by atoms with Gasteiger partial charge >= 0.3 is 0 Å². The first-order valence-corrected chi connectivity index (χ1v) is 10.5. The Hall–Kier alpha value is -2.08. The second-order valence-corrected chi connectivity index (χ2v) is 8.37. The van der Waals surface area contributed by atoms with E-state index in [-0.39, 0.29) is 23.8 Å². The molecule has 0 aliphatic carbocycles. The van der Waals surface area contributed by atoms with Crippen LogP contribution in [-0.2, 0) is 14.3 Å². The Morgan fingerprint density at radius 1 is 1.18 bits per heavy atom. The minimum absolute atomic E-state index is 0.0999. The molecule has 3 saturated heterocycles. The molecule has 2 atom stereocenters. The van der Waals surface area contributed by atoms with Gasteiger partial charge in [-0.1, -0.05) is 12.1 Å². The first-order valence-electron chi connectivity index (χ1n) is 10.5. The number of ether oxygens (including phenoxy) is 1. The van der Waals surface area contributed by atoms with Crippen LogP contribution < -0.4 is 4.90 Å². The molecule has 1 aromatic carbocycles. The van der Waals surface area contributed by atoms with E-state index in [9.17, 15) is 9.59 Å². The van der Waals surface area contributed by atoms with Crippen LogP contribution >= 0.6 is 0 Å². The van der Waals surface area contributed by atoms with E-state index in [1.165, 1.54) is 16.8 Å². The molecule has 0 saturated carbocycles. The Bertz CT molecular complexity index is 737. The third-order valence-electron chi connectivity index (χ3n) is 6.52. The molecule has 3 aliphatic rings. The van der Waals surface area contributed by atoms with Gasteiger partial charge in [0.05, 0.1) is 12.0 Å². The Labute approximate surface area is 167 Å². The van der Waals surface area contributed by atoms with Gasteiger partial charge in [0.1, 0.15) is 0 Å². The number of piperazine rings is 1. The molecule has 3 aliphatic heterocycles. The van der Waals surface area contributed by atoms with E-state index in [1.54, 1.807) is 0 Å². The highest BCUT2D eigenvalue weighted by Gasteiger charge is 2.38. The maximum absolute atomic E-state index is 13.0. The summed E-state index contributed by atoms with van der Waals surface area (Å²) in [6.07, 6.45) is 2.59. The lowest BCUT2D eigenvalue weighted by atomic mass is 10.1. The van der Waals surface area contributed by atoms with Crippen LogP contribution in [0.2, 0.25) is 0 Å². The summed E-state index contributed by atoms with van der Waals surface area (Å²) in [4.78, 5) is 31.5. The Kier molecular flexibility index (Phi) is 5.58. The maximum Gasteiger partial charge on any atom is 0.228 e. The summed E-state index contributed by atoms with van der Waals surface area (Å²) in [5.41, 5.74) is 3.88. The number of aryl methyl sites for hydroxylation is 1. The van der Waals surface area contributed by atoms with Crippen LogP contribution in [-0.4, -0.2) is 73.6 Å².